The molecule has 0 aliphatic rings. The van der Waals surface area contributed by atoms with Crippen LogP contribution in [-0.4, -0.2) is 16.0 Å². The molecule has 0 radical (unpaired) electrons. The first-order valence-corrected chi connectivity index (χ1v) is 7.32. The van der Waals surface area contributed by atoms with Crippen LogP contribution in [-0.2, 0) is 6.54 Å². The number of rotatable bonds is 5. The van der Waals surface area contributed by atoms with E-state index in [0.29, 0.717) is 11.2 Å². The minimum atomic E-state index is 0.435. The average molecular weight is 294 g/mol. The van der Waals surface area contributed by atoms with Crippen LogP contribution in [0.1, 0.15) is 19.4 Å². The molecule has 1 N–H and O–H groups in total. The number of nitrogens with zero attached hydrogens (tertiary/aromatic N) is 2. The Morgan fingerprint density at radius 3 is 2.63 bits per heavy atom. The molecule has 0 unspecified atom stereocenters. The summed E-state index contributed by atoms with van der Waals surface area (Å²) in [4.78, 5) is 9.47. The summed E-state index contributed by atoms with van der Waals surface area (Å²) in [6.07, 6.45) is 3.47. The van der Waals surface area contributed by atoms with Crippen LogP contribution in [0.15, 0.2) is 46.7 Å². The highest BCUT2D eigenvalue weighted by Gasteiger charge is 2.10. The SMILES string of the molecule is CC(C)NCc1cccc(Cl)c1Sc1ncccn1. The van der Waals surface area contributed by atoms with Crippen molar-refractivity contribution in [2.75, 3.05) is 0 Å². The number of aromatic nitrogens is 2. The molecule has 3 nitrogen and oxygen atoms in total. The van der Waals surface area contributed by atoms with Gasteiger partial charge in [-0.05, 0) is 29.5 Å². The molecule has 0 fully saturated rings. The molecule has 100 valence electrons. The third-order valence-corrected chi connectivity index (χ3v) is 3.99. The van der Waals surface area contributed by atoms with Crippen molar-refractivity contribution in [1.29, 1.82) is 0 Å². The van der Waals surface area contributed by atoms with Gasteiger partial charge in [-0.1, -0.05) is 37.6 Å². The summed E-state index contributed by atoms with van der Waals surface area (Å²) < 4.78 is 0. The maximum atomic E-state index is 6.29. The summed E-state index contributed by atoms with van der Waals surface area (Å²) in [5.74, 6) is 0. The fourth-order valence-corrected chi connectivity index (χ4v) is 2.71. The molecule has 0 aliphatic carbocycles. The van der Waals surface area contributed by atoms with E-state index in [1.807, 2.05) is 12.1 Å². The minimum absolute atomic E-state index is 0.435. The first-order chi connectivity index (χ1) is 9.16. The maximum Gasteiger partial charge on any atom is 0.192 e. The zero-order chi connectivity index (χ0) is 13.7. The van der Waals surface area contributed by atoms with Gasteiger partial charge in [-0.2, -0.15) is 0 Å². The molecule has 0 spiro atoms. The van der Waals surface area contributed by atoms with E-state index in [2.05, 4.69) is 35.2 Å². The van der Waals surface area contributed by atoms with E-state index in [4.69, 9.17) is 11.6 Å². The standard InChI is InChI=1S/C14H16ClN3S/c1-10(2)18-9-11-5-3-6-12(15)13(11)19-14-16-7-4-8-17-14/h3-8,10,18H,9H2,1-2H3. The van der Waals surface area contributed by atoms with Gasteiger partial charge in [-0.3, -0.25) is 0 Å². The zero-order valence-electron chi connectivity index (χ0n) is 10.9. The van der Waals surface area contributed by atoms with E-state index in [9.17, 15) is 0 Å². The zero-order valence-corrected chi connectivity index (χ0v) is 12.5. The highest BCUT2D eigenvalue weighted by molar-refractivity contribution is 7.99. The van der Waals surface area contributed by atoms with E-state index in [1.54, 1.807) is 18.5 Å². The Hall–Kier alpha value is -1.10. The fraction of sp³-hybridized carbons (Fsp3) is 0.286. The van der Waals surface area contributed by atoms with Gasteiger partial charge in [0.2, 0.25) is 0 Å². The normalized spacial score (nSPS) is 10.9. The van der Waals surface area contributed by atoms with Crippen molar-refractivity contribution >= 4 is 23.4 Å². The molecule has 0 saturated heterocycles. The van der Waals surface area contributed by atoms with Gasteiger partial charge in [0.05, 0.1) is 5.02 Å². The molecule has 0 amide bonds. The van der Waals surface area contributed by atoms with E-state index >= 15 is 0 Å². The molecule has 2 aromatic rings. The fourth-order valence-electron chi connectivity index (χ4n) is 1.55. The van der Waals surface area contributed by atoms with Crippen molar-refractivity contribution in [3.63, 3.8) is 0 Å². The van der Waals surface area contributed by atoms with E-state index in [0.717, 1.165) is 16.5 Å². The summed E-state index contributed by atoms with van der Waals surface area (Å²) in [6.45, 7) is 5.03. The minimum Gasteiger partial charge on any atom is -0.310 e. The van der Waals surface area contributed by atoms with Crippen LogP contribution in [0.2, 0.25) is 5.02 Å². The summed E-state index contributed by atoms with van der Waals surface area (Å²) in [6, 6.07) is 8.18. The van der Waals surface area contributed by atoms with Crippen LogP contribution < -0.4 is 5.32 Å². The largest absolute Gasteiger partial charge is 0.310 e. The summed E-state index contributed by atoms with van der Waals surface area (Å²) in [7, 11) is 0. The Morgan fingerprint density at radius 2 is 1.95 bits per heavy atom. The Labute approximate surface area is 122 Å². The molecule has 0 bridgehead atoms. The van der Waals surface area contributed by atoms with E-state index < -0.39 is 0 Å². The number of hydrogen-bond donors (Lipinski definition) is 1. The van der Waals surface area contributed by atoms with E-state index in [-0.39, 0.29) is 0 Å². The lowest BCUT2D eigenvalue weighted by atomic mass is 10.2. The predicted octanol–water partition coefficient (Wildman–Crippen LogP) is 3.78. The van der Waals surface area contributed by atoms with Crippen molar-refractivity contribution in [2.24, 2.45) is 0 Å². The topological polar surface area (TPSA) is 37.8 Å². The number of halogens is 1. The van der Waals surface area contributed by atoms with Crippen molar-refractivity contribution in [3.8, 4) is 0 Å². The van der Waals surface area contributed by atoms with Crippen LogP contribution in [0.5, 0.6) is 0 Å². The summed E-state index contributed by atoms with van der Waals surface area (Å²) >= 11 is 7.79. The van der Waals surface area contributed by atoms with Crippen LogP contribution >= 0.6 is 23.4 Å². The molecule has 1 aromatic carbocycles. The first kappa shape index (κ1) is 14.3. The number of benzene rings is 1. The lowest BCUT2D eigenvalue weighted by Gasteiger charge is -2.13. The second-order valence-electron chi connectivity index (χ2n) is 4.40. The predicted molar refractivity (Wildman–Crippen MR) is 79.6 cm³/mol. The molecule has 2 rings (SSSR count). The molecular formula is C14H16ClN3S. The Kier molecular flexibility index (Phi) is 5.19. The van der Waals surface area contributed by atoms with Gasteiger partial charge in [0, 0.05) is 29.9 Å². The van der Waals surface area contributed by atoms with Crippen molar-refractivity contribution < 1.29 is 0 Å². The van der Waals surface area contributed by atoms with Gasteiger partial charge in [0.25, 0.3) is 0 Å². The molecule has 0 atom stereocenters. The molecule has 1 aromatic heterocycles. The monoisotopic (exact) mass is 293 g/mol. The summed E-state index contributed by atoms with van der Waals surface area (Å²) in [5.41, 5.74) is 1.17. The molecular weight excluding hydrogens is 278 g/mol. The first-order valence-electron chi connectivity index (χ1n) is 6.12. The Balaban J connectivity index is 2.22. The lowest BCUT2D eigenvalue weighted by Crippen LogP contribution is -2.22. The second-order valence-corrected chi connectivity index (χ2v) is 5.78. The van der Waals surface area contributed by atoms with Crippen LogP contribution in [0.4, 0.5) is 0 Å². The highest BCUT2D eigenvalue weighted by atomic mass is 35.5. The van der Waals surface area contributed by atoms with Crippen molar-refractivity contribution in [3.05, 3.63) is 47.2 Å². The highest BCUT2D eigenvalue weighted by Crippen LogP contribution is 2.34. The molecule has 0 saturated carbocycles. The van der Waals surface area contributed by atoms with Gasteiger partial charge in [0.1, 0.15) is 0 Å². The lowest BCUT2D eigenvalue weighted by molar-refractivity contribution is 0.585. The maximum absolute atomic E-state index is 6.29. The average Bonchev–Trinajstić information content (AvgIpc) is 2.40. The quantitative estimate of drug-likeness (QED) is 0.852. The summed E-state index contributed by atoms with van der Waals surface area (Å²) in [5, 5.41) is 4.85. The second kappa shape index (κ2) is 6.89. The van der Waals surface area contributed by atoms with Crippen LogP contribution in [0, 0.1) is 0 Å². The molecule has 5 heteroatoms. The van der Waals surface area contributed by atoms with Crippen LogP contribution in [0.3, 0.4) is 0 Å². The van der Waals surface area contributed by atoms with E-state index in [1.165, 1.54) is 17.3 Å². The molecule has 0 aliphatic heterocycles. The van der Waals surface area contributed by atoms with Crippen molar-refractivity contribution in [2.45, 2.75) is 36.5 Å². The Bertz CT molecular complexity index is 531. The molecule has 19 heavy (non-hydrogen) atoms. The van der Waals surface area contributed by atoms with Gasteiger partial charge in [-0.25, -0.2) is 9.97 Å². The van der Waals surface area contributed by atoms with Crippen LogP contribution in [0.25, 0.3) is 0 Å². The third kappa shape index (κ3) is 4.20. The third-order valence-electron chi connectivity index (χ3n) is 2.48. The smallest absolute Gasteiger partial charge is 0.192 e. The van der Waals surface area contributed by atoms with Gasteiger partial charge in [-0.15, -0.1) is 0 Å². The van der Waals surface area contributed by atoms with Crippen molar-refractivity contribution in [1.82, 2.24) is 15.3 Å². The van der Waals surface area contributed by atoms with Gasteiger partial charge in [0.15, 0.2) is 5.16 Å². The number of hydrogen-bond acceptors (Lipinski definition) is 4. The molecule has 1 heterocycles. The van der Waals surface area contributed by atoms with Gasteiger partial charge < -0.3 is 5.32 Å². The van der Waals surface area contributed by atoms with Gasteiger partial charge >= 0.3 is 0 Å². The number of nitrogens with one attached hydrogen (secondary N) is 1. The Morgan fingerprint density at radius 1 is 1.21 bits per heavy atom.